The highest BCUT2D eigenvalue weighted by Crippen LogP contribution is 2.23. The van der Waals surface area contributed by atoms with Crippen molar-refractivity contribution in [1.82, 2.24) is 0 Å². The van der Waals surface area contributed by atoms with Gasteiger partial charge in [-0.3, -0.25) is 0 Å². The lowest BCUT2D eigenvalue weighted by Gasteiger charge is -2.28. The Labute approximate surface area is 98.0 Å². The second kappa shape index (κ2) is 5.46. The molecule has 0 aliphatic heterocycles. The average molecular weight is 228 g/mol. The molecule has 4 nitrogen and oxygen atoms in total. The van der Waals surface area contributed by atoms with Gasteiger partial charge in [0.2, 0.25) is 0 Å². The van der Waals surface area contributed by atoms with E-state index in [1.54, 1.807) is 13.8 Å². The molecule has 0 aliphatic rings. The maximum atomic E-state index is 11.8. The highest BCUT2D eigenvalue weighted by molar-refractivity contribution is 5.89. The van der Waals surface area contributed by atoms with Crippen LogP contribution in [0.15, 0.2) is 11.1 Å². The zero-order valence-electron chi connectivity index (χ0n) is 11.1. The van der Waals surface area contributed by atoms with Crippen LogP contribution in [-0.4, -0.2) is 17.7 Å². The van der Waals surface area contributed by atoms with Crippen molar-refractivity contribution in [3.05, 3.63) is 11.1 Å². The van der Waals surface area contributed by atoms with E-state index in [0.717, 1.165) is 5.57 Å². The molecule has 0 aromatic heterocycles. The monoisotopic (exact) mass is 228 g/mol. The van der Waals surface area contributed by atoms with Gasteiger partial charge in [-0.05, 0) is 39.2 Å². The van der Waals surface area contributed by atoms with Crippen molar-refractivity contribution >= 4 is 5.97 Å². The van der Waals surface area contributed by atoms with Crippen LogP contribution in [-0.2, 0) is 9.53 Å². The molecule has 0 spiro atoms. The molecular formula is C12H24N2O2. The fourth-order valence-electron chi connectivity index (χ4n) is 1.87. The molecule has 4 heteroatoms. The summed E-state index contributed by atoms with van der Waals surface area (Å²) >= 11 is 0. The minimum Gasteiger partial charge on any atom is -0.460 e. The molecule has 0 aromatic rings. The third-order valence-corrected chi connectivity index (χ3v) is 2.21. The van der Waals surface area contributed by atoms with Gasteiger partial charge in [-0.2, -0.15) is 0 Å². The van der Waals surface area contributed by atoms with Gasteiger partial charge >= 0.3 is 5.97 Å². The Balaban J connectivity index is 5.21. The summed E-state index contributed by atoms with van der Waals surface area (Å²) in [7, 11) is 0. The molecule has 0 aliphatic carbocycles. The second-order valence-electron chi connectivity index (χ2n) is 4.93. The van der Waals surface area contributed by atoms with Crippen molar-refractivity contribution in [2.45, 2.75) is 53.3 Å². The first kappa shape index (κ1) is 15.1. The Morgan fingerprint density at radius 1 is 1.19 bits per heavy atom. The molecule has 0 radical (unpaired) electrons. The van der Waals surface area contributed by atoms with Crippen molar-refractivity contribution in [3.63, 3.8) is 0 Å². The predicted octanol–water partition coefficient (Wildman–Crippen LogP) is 1.54. The summed E-state index contributed by atoms with van der Waals surface area (Å²) in [6, 6.07) is 0. The minimum absolute atomic E-state index is 0.111. The average Bonchev–Trinajstić information content (AvgIpc) is 1.98. The Morgan fingerprint density at radius 2 is 1.62 bits per heavy atom. The standard InChI is InChI=1S/C12H24N2O2/c1-7(2)10(12(6,13)14)9(5)11(15)16-8(3)4/h7-8H,13-14H2,1-6H3. The SMILES string of the molecule is CC(C(=O)OC(C)C)=C(C(C)C)C(C)(N)N. The predicted molar refractivity (Wildman–Crippen MR) is 65.5 cm³/mol. The molecule has 16 heavy (non-hydrogen) atoms. The van der Waals surface area contributed by atoms with E-state index in [9.17, 15) is 4.79 Å². The van der Waals surface area contributed by atoms with E-state index in [2.05, 4.69) is 0 Å². The van der Waals surface area contributed by atoms with Gasteiger partial charge in [0, 0.05) is 5.57 Å². The van der Waals surface area contributed by atoms with Gasteiger partial charge in [-0.15, -0.1) is 0 Å². The zero-order valence-corrected chi connectivity index (χ0v) is 11.1. The van der Waals surface area contributed by atoms with Gasteiger partial charge in [-0.1, -0.05) is 13.8 Å². The minimum atomic E-state index is -0.992. The van der Waals surface area contributed by atoms with E-state index in [0.29, 0.717) is 5.57 Å². The normalized spacial score (nSPS) is 14.1. The van der Waals surface area contributed by atoms with Gasteiger partial charge in [0.05, 0.1) is 11.8 Å². The Kier molecular flexibility index (Phi) is 5.16. The van der Waals surface area contributed by atoms with Crippen LogP contribution in [0, 0.1) is 5.92 Å². The van der Waals surface area contributed by atoms with Crippen LogP contribution < -0.4 is 11.5 Å². The first-order valence-electron chi connectivity index (χ1n) is 5.57. The summed E-state index contributed by atoms with van der Waals surface area (Å²) < 4.78 is 5.13. The fourth-order valence-corrected chi connectivity index (χ4v) is 1.87. The lowest BCUT2D eigenvalue weighted by atomic mass is 9.88. The second-order valence-corrected chi connectivity index (χ2v) is 4.93. The molecule has 0 unspecified atom stereocenters. The van der Waals surface area contributed by atoms with E-state index in [1.165, 1.54) is 0 Å². The Hall–Kier alpha value is -0.870. The molecule has 0 atom stereocenters. The van der Waals surface area contributed by atoms with Crippen LogP contribution in [0.5, 0.6) is 0 Å². The highest BCUT2D eigenvalue weighted by Gasteiger charge is 2.26. The van der Waals surface area contributed by atoms with Gasteiger partial charge < -0.3 is 16.2 Å². The Morgan fingerprint density at radius 3 is 1.88 bits per heavy atom. The quantitative estimate of drug-likeness (QED) is 0.434. The molecule has 0 fully saturated rings. The lowest BCUT2D eigenvalue weighted by Crippen LogP contribution is -2.50. The van der Waals surface area contributed by atoms with Crippen molar-refractivity contribution in [3.8, 4) is 0 Å². The van der Waals surface area contributed by atoms with Gasteiger partial charge in [0.15, 0.2) is 0 Å². The van der Waals surface area contributed by atoms with E-state index < -0.39 is 5.66 Å². The number of ether oxygens (including phenoxy) is 1. The van der Waals surface area contributed by atoms with Crippen LogP contribution in [0.4, 0.5) is 0 Å². The summed E-state index contributed by atoms with van der Waals surface area (Å²) in [6.45, 7) is 10.9. The van der Waals surface area contributed by atoms with Crippen molar-refractivity contribution < 1.29 is 9.53 Å². The molecule has 0 saturated heterocycles. The van der Waals surface area contributed by atoms with Crippen LogP contribution in [0.2, 0.25) is 0 Å². The molecule has 0 amide bonds. The van der Waals surface area contributed by atoms with E-state index in [-0.39, 0.29) is 18.0 Å². The van der Waals surface area contributed by atoms with E-state index in [4.69, 9.17) is 16.2 Å². The number of esters is 1. The summed E-state index contributed by atoms with van der Waals surface area (Å²) in [5.41, 5.74) is 12.0. The highest BCUT2D eigenvalue weighted by atomic mass is 16.5. The van der Waals surface area contributed by atoms with Crippen LogP contribution in [0.1, 0.15) is 41.5 Å². The number of carbonyl (C=O) groups excluding carboxylic acids is 1. The smallest absolute Gasteiger partial charge is 0.334 e. The fraction of sp³-hybridized carbons (Fsp3) is 0.750. The van der Waals surface area contributed by atoms with Crippen LogP contribution >= 0.6 is 0 Å². The molecule has 0 saturated carbocycles. The molecule has 94 valence electrons. The third kappa shape index (κ3) is 4.33. The number of carbonyl (C=O) groups is 1. The number of nitrogens with two attached hydrogens (primary N) is 2. The topological polar surface area (TPSA) is 78.3 Å². The molecule has 0 rings (SSSR count). The molecule has 0 aromatic carbocycles. The van der Waals surface area contributed by atoms with Crippen LogP contribution in [0.25, 0.3) is 0 Å². The van der Waals surface area contributed by atoms with Crippen molar-refractivity contribution in [1.29, 1.82) is 0 Å². The maximum Gasteiger partial charge on any atom is 0.334 e. The first-order chi connectivity index (χ1) is 7.07. The molecular weight excluding hydrogens is 204 g/mol. The first-order valence-corrected chi connectivity index (χ1v) is 5.57. The van der Waals surface area contributed by atoms with E-state index >= 15 is 0 Å². The summed E-state index contributed by atoms with van der Waals surface area (Å²) in [5.74, 6) is -0.236. The number of hydrogen-bond acceptors (Lipinski definition) is 4. The largest absolute Gasteiger partial charge is 0.460 e. The number of hydrogen-bond donors (Lipinski definition) is 2. The number of rotatable bonds is 4. The van der Waals surface area contributed by atoms with Crippen LogP contribution in [0.3, 0.4) is 0 Å². The molecule has 4 N–H and O–H groups in total. The maximum absolute atomic E-state index is 11.8. The zero-order chi connectivity index (χ0) is 13.1. The Bertz CT molecular complexity index is 286. The van der Waals surface area contributed by atoms with Gasteiger partial charge in [0.25, 0.3) is 0 Å². The lowest BCUT2D eigenvalue weighted by molar-refractivity contribution is -0.142. The van der Waals surface area contributed by atoms with E-state index in [1.807, 2.05) is 27.7 Å². The van der Waals surface area contributed by atoms with Gasteiger partial charge in [0.1, 0.15) is 0 Å². The van der Waals surface area contributed by atoms with Crippen molar-refractivity contribution in [2.24, 2.45) is 17.4 Å². The molecule has 0 heterocycles. The summed E-state index contributed by atoms with van der Waals surface area (Å²) in [6.07, 6.45) is -0.141. The van der Waals surface area contributed by atoms with Gasteiger partial charge in [-0.25, -0.2) is 4.79 Å². The summed E-state index contributed by atoms with van der Waals surface area (Å²) in [4.78, 5) is 11.8. The summed E-state index contributed by atoms with van der Waals surface area (Å²) in [5, 5.41) is 0. The molecule has 0 bridgehead atoms. The third-order valence-electron chi connectivity index (χ3n) is 2.21. The van der Waals surface area contributed by atoms with Crippen molar-refractivity contribution in [2.75, 3.05) is 0 Å².